The number of benzene rings is 1. The molecule has 27 heavy (non-hydrogen) atoms. The van der Waals surface area contributed by atoms with Gasteiger partial charge in [-0.2, -0.15) is 0 Å². The van der Waals surface area contributed by atoms with E-state index < -0.39 is 11.8 Å². The van der Waals surface area contributed by atoms with E-state index in [2.05, 4.69) is 16.0 Å². The zero-order valence-electron chi connectivity index (χ0n) is 14.9. The van der Waals surface area contributed by atoms with Crippen LogP contribution in [0.3, 0.4) is 0 Å². The largest absolute Gasteiger partial charge is 0.346 e. The van der Waals surface area contributed by atoms with Crippen molar-refractivity contribution in [3.05, 3.63) is 30.1 Å². The molecular weight excluding hydrogens is 377 g/mol. The molecule has 0 radical (unpaired) electrons. The number of nitrogens with one attached hydrogen (secondary N) is 3. The van der Waals surface area contributed by atoms with E-state index in [-0.39, 0.29) is 43.2 Å². The summed E-state index contributed by atoms with van der Waals surface area (Å²) < 4.78 is 13.1. The summed E-state index contributed by atoms with van der Waals surface area (Å²) in [4.78, 5) is 36.8. The van der Waals surface area contributed by atoms with Crippen LogP contribution in [0, 0.1) is 11.7 Å². The molecule has 0 aromatic heterocycles. The van der Waals surface area contributed by atoms with Gasteiger partial charge in [0.2, 0.25) is 11.8 Å². The molecule has 0 bridgehead atoms. The maximum Gasteiger partial charge on any atom is 0.319 e. The monoisotopic (exact) mass is 401 g/mol. The number of anilines is 1. The molecule has 8 nitrogen and oxygen atoms in total. The van der Waals surface area contributed by atoms with Crippen molar-refractivity contribution in [2.75, 3.05) is 38.0 Å². The molecule has 10 heteroatoms. The van der Waals surface area contributed by atoms with E-state index in [9.17, 15) is 18.8 Å². The van der Waals surface area contributed by atoms with E-state index in [0.717, 1.165) is 12.8 Å². The molecule has 4 amide bonds. The zero-order valence-corrected chi connectivity index (χ0v) is 15.7. The predicted octanol–water partition coefficient (Wildman–Crippen LogP) is 0.682. The minimum absolute atomic E-state index is 0. The molecule has 1 aromatic carbocycles. The molecule has 1 unspecified atom stereocenters. The van der Waals surface area contributed by atoms with Crippen molar-refractivity contribution in [2.45, 2.75) is 12.8 Å². The van der Waals surface area contributed by atoms with Gasteiger partial charge in [0.1, 0.15) is 5.82 Å². The van der Waals surface area contributed by atoms with E-state index in [0.29, 0.717) is 25.3 Å². The highest BCUT2D eigenvalue weighted by atomic mass is 35.5. The minimum Gasteiger partial charge on any atom is -0.346 e. The Kier molecular flexibility index (Phi) is 9.52. The van der Waals surface area contributed by atoms with Crippen LogP contribution < -0.4 is 21.7 Å². The lowest BCUT2D eigenvalue weighted by molar-refractivity contribution is -0.134. The number of carbonyl (C=O) groups is 3. The van der Waals surface area contributed by atoms with Crippen molar-refractivity contribution in [2.24, 2.45) is 11.7 Å². The average molecular weight is 402 g/mol. The fourth-order valence-corrected chi connectivity index (χ4v) is 2.79. The van der Waals surface area contributed by atoms with Crippen molar-refractivity contribution >= 4 is 35.9 Å². The van der Waals surface area contributed by atoms with Crippen LogP contribution in [-0.2, 0) is 9.59 Å². The van der Waals surface area contributed by atoms with Crippen LogP contribution in [0.2, 0.25) is 0 Å². The smallest absolute Gasteiger partial charge is 0.319 e. The summed E-state index contributed by atoms with van der Waals surface area (Å²) in [5, 5.41) is 7.77. The number of nitrogens with two attached hydrogens (primary N) is 1. The zero-order chi connectivity index (χ0) is 18.9. The van der Waals surface area contributed by atoms with Crippen LogP contribution in [0.25, 0.3) is 0 Å². The molecule has 5 N–H and O–H groups in total. The SMILES string of the molecule is Cl.NCC(=O)NCC(=O)N1CCCC(CNC(=O)Nc2cccc(F)c2)C1. The third-order valence-corrected chi connectivity index (χ3v) is 4.13. The van der Waals surface area contributed by atoms with Gasteiger partial charge >= 0.3 is 6.03 Å². The molecule has 1 aromatic rings. The molecule has 0 aliphatic carbocycles. The standard InChI is InChI=1S/C17H24FN5O3.ClH/c18-13-4-1-5-14(7-13)22-17(26)21-9-12-3-2-6-23(11-12)16(25)10-20-15(24)8-19;/h1,4-5,7,12H,2-3,6,8-11,19H2,(H,20,24)(H2,21,22,26);1H. The topological polar surface area (TPSA) is 117 Å². The lowest BCUT2D eigenvalue weighted by Gasteiger charge is -2.33. The Labute approximate surface area is 163 Å². The number of halogens is 2. The number of carbonyl (C=O) groups excluding carboxylic acids is 3. The normalized spacial score (nSPS) is 16.1. The molecule has 0 spiro atoms. The minimum atomic E-state index is -0.425. The number of hydrogen-bond acceptors (Lipinski definition) is 4. The van der Waals surface area contributed by atoms with Gasteiger partial charge < -0.3 is 26.6 Å². The van der Waals surface area contributed by atoms with E-state index in [1.807, 2.05) is 0 Å². The van der Waals surface area contributed by atoms with Crippen LogP contribution in [-0.4, -0.2) is 55.5 Å². The predicted molar refractivity (Wildman–Crippen MR) is 102 cm³/mol. The highest BCUT2D eigenvalue weighted by Gasteiger charge is 2.24. The molecule has 1 aliphatic rings. The van der Waals surface area contributed by atoms with Crippen molar-refractivity contribution in [3.63, 3.8) is 0 Å². The molecule has 1 aliphatic heterocycles. The molecule has 1 fully saturated rings. The Morgan fingerprint density at radius 3 is 2.74 bits per heavy atom. The first kappa shape index (κ1) is 22.7. The summed E-state index contributed by atoms with van der Waals surface area (Å²) in [7, 11) is 0. The molecule has 150 valence electrons. The number of likely N-dealkylation sites (tertiary alicyclic amines) is 1. The first-order valence-corrected chi connectivity index (χ1v) is 8.53. The highest BCUT2D eigenvalue weighted by molar-refractivity contribution is 5.89. The average Bonchev–Trinajstić information content (AvgIpc) is 2.64. The fraction of sp³-hybridized carbons (Fsp3) is 0.471. The maximum absolute atomic E-state index is 13.1. The summed E-state index contributed by atoms with van der Waals surface area (Å²) in [5.41, 5.74) is 5.56. The lowest BCUT2D eigenvalue weighted by atomic mass is 9.98. The maximum atomic E-state index is 13.1. The second-order valence-corrected chi connectivity index (χ2v) is 6.17. The van der Waals surface area contributed by atoms with Gasteiger partial charge in [-0.25, -0.2) is 9.18 Å². The number of nitrogens with zero attached hydrogens (tertiary/aromatic N) is 1. The van der Waals surface area contributed by atoms with Crippen molar-refractivity contribution in [3.8, 4) is 0 Å². The van der Waals surface area contributed by atoms with Crippen molar-refractivity contribution in [1.82, 2.24) is 15.5 Å². The van der Waals surface area contributed by atoms with Crippen LogP contribution in [0.15, 0.2) is 24.3 Å². The van der Waals surface area contributed by atoms with E-state index in [1.54, 1.807) is 11.0 Å². The first-order chi connectivity index (χ1) is 12.5. The molecule has 1 atom stereocenters. The Balaban J connectivity index is 0.00000364. The third-order valence-electron chi connectivity index (χ3n) is 4.13. The van der Waals surface area contributed by atoms with Gasteiger partial charge in [0.25, 0.3) is 0 Å². The molecule has 0 saturated carbocycles. The van der Waals surface area contributed by atoms with Crippen molar-refractivity contribution in [1.29, 1.82) is 0 Å². The molecular formula is C17H25ClFN5O3. The number of rotatable bonds is 6. The number of amides is 4. The van der Waals surface area contributed by atoms with Crippen LogP contribution >= 0.6 is 12.4 Å². The number of piperidine rings is 1. The summed E-state index contributed by atoms with van der Waals surface area (Å²) in [6.45, 7) is 1.32. The summed E-state index contributed by atoms with van der Waals surface area (Å²) in [5.74, 6) is -0.842. The third kappa shape index (κ3) is 7.79. The Morgan fingerprint density at radius 2 is 2.04 bits per heavy atom. The Bertz CT molecular complexity index is 661. The lowest BCUT2D eigenvalue weighted by Crippen LogP contribution is -2.48. The van der Waals surface area contributed by atoms with E-state index in [4.69, 9.17) is 5.73 Å². The Hall–Kier alpha value is -2.39. The van der Waals surface area contributed by atoms with Gasteiger partial charge in [0.05, 0.1) is 13.1 Å². The Morgan fingerprint density at radius 1 is 1.26 bits per heavy atom. The second-order valence-electron chi connectivity index (χ2n) is 6.17. The van der Waals surface area contributed by atoms with Gasteiger partial charge in [-0.05, 0) is 37.0 Å². The molecule has 1 heterocycles. The van der Waals surface area contributed by atoms with Crippen LogP contribution in [0.4, 0.5) is 14.9 Å². The summed E-state index contributed by atoms with van der Waals surface area (Å²) in [6, 6.07) is 5.22. The van der Waals surface area contributed by atoms with E-state index >= 15 is 0 Å². The van der Waals surface area contributed by atoms with E-state index in [1.165, 1.54) is 18.2 Å². The van der Waals surface area contributed by atoms with Gasteiger partial charge in [0.15, 0.2) is 0 Å². The van der Waals surface area contributed by atoms with Gasteiger partial charge in [-0.3, -0.25) is 9.59 Å². The number of urea groups is 1. The van der Waals surface area contributed by atoms with Crippen LogP contribution in [0.5, 0.6) is 0 Å². The summed E-state index contributed by atoms with van der Waals surface area (Å²) in [6.07, 6.45) is 1.72. The quantitative estimate of drug-likeness (QED) is 0.560. The first-order valence-electron chi connectivity index (χ1n) is 8.53. The highest BCUT2D eigenvalue weighted by Crippen LogP contribution is 2.16. The van der Waals surface area contributed by atoms with Gasteiger partial charge in [-0.15, -0.1) is 12.4 Å². The second kappa shape index (κ2) is 11.3. The number of hydrogen-bond donors (Lipinski definition) is 4. The van der Waals surface area contributed by atoms with Crippen LogP contribution in [0.1, 0.15) is 12.8 Å². The van der Waals surface area contributed by atoms with Gasteiger partial charge in [0, 0.05) is 25.3 Å². The van der Waals surface area contributed by atoms with Gasteiger partial charge in [-0.1, -0.05) is 6.07 Å². The van der Waals surface area contributed by atoms with Crippen molar-refractivity contribution < 1.29 is 18.8 Å². The molecule has 2 rings (SSSR count). The summed E-state index contributed by atoms with van der Waals surface area (Å²) >= 11 is 0. The fourth-order valence-electron chi connectivity index (χ4n) is 2.79. The molecule has 1 saturated heterocycles.